The molecular formula is C30H40N2O5. The lowest BCUT2D eigenvalue weighted by molar-refractivity contribution is -0.131. The first-order valence-corrected chi connectivity index (χ1v) is 14.2. The van der Waals surface area contributed by atoms with Gasteiger partial charge in [0.2, 0.25) is 5.91 Å². The van der Waals surface area contributed by atoms with Gasteiger partial charge in [0.15, 0.2) is 11.9 Å². The van der Waals surface area contributed by atoms with E-state index < -0.39 is 12.0 Å². The third-order valence-electron chi connectivity index (χ3n) is 8.66. The molecule has 3 fully saturated rings. The van der Waals surface area contributed by atoms with E-state index in [1.165, 1.54) is 51.0 Å². The Balaban J connectivity index is 1.16. The zero-order valence-corrected chi connectivity index (χ0v) is 21.6. The van der Waals surface area contributed by atoms with Crippen molar-refractivity contribution in [2.75, 3.05) is 13.2 Å². The van der Waals surface area contributed by atoms with Crippen molar-refractivity contribution in [3.8, 4) is 0 Å². The quantitative estimate of drug-likeness (QED) is 0.331. The number of carboxylic acids is 1. The van der Waals surface area contributed by atoms with E-state index in [-0.39, 0.29) is 30.0 Å². The molecule has 5 rings (SSSR count). The van der Waals surface area contributed by atoms with E-state index in [9.17, 15) is 9.59 Å². The molecule has 3 heterocycles. The standard InChI is InChI=1S/C30H40N2O5/c33-27(34)16-13-21-11-4-5-12-22(21)18-23-25-14-15-26(37-25)28(23)30-32-24(19-36-30)29(35)31-17-7-6-10-20-8-2-1-3-9-20/h4-5,11-13,16,20,23-26,28H,1-3,6-10,14-15,17-19H2,(H,31,35)(H,33,34)/t23-,24?,25-,26+,28-/m0/s1. The Kier molecular flexibility index (Phi) is 8.59. The van der Waals surface area contributed by atoms with E-state index in [2.05, 4.69) is 5.32 Å². The van der Waals surface area contributed by atoms with Crippen LogP contribution in [0.15, 0.2) is 35.3 Å². The Labute approximate surface area is 219 Å². The maximum atomic E-state index is 12.8. The third kappa shape index (κ3) is 6.43. The average molecular weight is 509 g/mol. The number of hydrogen-bond donors (Lipinski definition) is 2. The van der Waals surface area contributed by atoms with E-state index >= 15 is 0 Å². The number of ether oxygens (including phenoxy) is 2. The lowest BCUT2D eigenvalue weighted by Crippen LogP contribution is -2.35. The number of carboxylic acid groups (broad SMARTS) is 1. The number of hydrogen-bond acceptors (Lipinski definition) is 5. The molecule has 0 spiro atoms. The van der Waals surface area contributed by atoms with E-state index in [0.29, 0.717) is 19.0 Å². The Morgan fingerprint density at radius 2 is 1.86 bits per heavy atom. The van der Waals surface area contributed by atoms with Crippen LogP contribution in [0.2, 0.25) is 0 Å². The molecule has 4 aliphatic rings. The molecule has 1 aliphatic carbocycles. The normalized spacial score (nSPS) is 29.4. The van der Waals surface area contributed by atoms with Gasteiger partial charge >= 0.3 is 5.97 Å². The molecule has 1 amide bonds. The van der Waals surface area contributed by atoms with Gasteiger partial charge in [0.25, 0.3) is 0 Å². The predicted octanol–water partition coefficient (Wildman–Crippen LogP) is 4.78. The maximum Gasteiger partial charge on any atom is 0.328 e. The van der Waals surface area contributed by atoms with Crippen molar-refractivity contribution in [1.29, 1.82) is 0 Å². The summed E-state index contributed by atoms with van der Waals surface area (Å²) in [6.45, 7) is 0.995. The van der Waals surface area contributed by atoms with Crippen LogP contribution in [0.5, 0.6) is 0 Å². The van der Waals surface area contributed by atoms with Gasteiger partial charge in [-0.3, -0.25) is 4.79 Å². The Morgan fingerprint density at radius 1 is 1.05 bits per heavy atom. The molecule has 1 saturated carbocycles. The minimum Gasteiger partial charge on any atom is -0.478 e. The maximum absolute atomic E-state index is 12.8. The van der Waals surface area contributed by atoms with Gasteiger partial charge in [0, 0.05) is 18.5 Å². The number of benzene rings is 1. The first-order valence-electron chi connectivity index (χ1n) is 14.2. The average Bonchev–Trinajstić information content (AvgIpc) is 3.65. The second-order valence-corrected chi connectivity index (χ2v) is 11.1. The molecule has 5 atom stereocenters. The number of nitrogens with zero attached hydrogens (tertiary/aromatic N) is 1. The van der Waals surface area contributed by atoms with Crippen LogP contribution in [0, 0.1) is 17.8 Å². The highest BCUT2D eigenvalue weighted by atomic mass is 16.5. The van der Waals surface area contributed by atoms with Crippen molar-refractivity contribution in [2.45, 2.75) is 88.9 Å². The van der Waals surface area contributed by atoms with Crippen LogP contribution in [-0.4, -0.2) is 54.3 Å². The van der Waals surface area contributed by atoms with E-state index in [0.717, 1.165) is 42.7 Å². The molecule has 0 aromatic heterocycles. The molecular weight excluding hydrogens is 468 g/mol. The van der Waals surface area contributed by atoms with Crippen molar-refractivity contribution in [1.82, 2.24) is 5.32 Å². The summed E-state index contributed by atoms with van der Waals surface area (Å²) in [5.41, 5.74) is 1.99. The number of aliphatic imine (C=N–C) groups is 1. The molecule has 7 nitrogen and oxygen atoms in total. The van der Waals surface area contributed by atoms with Crippen LogP contribution in [-0.2, 0) is 25.5 Å². The van der Waals surface area contributed by atoms with Crippen LogP contribution < -0.4 is 5.32 Å². The number of amides is 1. The van der Waals surface area contributed by atoms with Gasteiger partial charge < -0.3 is 19.9 Å². The molecule has 1 unspecified atom stereocenters. The second kappa shape index (κ2) is 12.2. The molecule has 1 aromatic rings. The highest BCUT2D eigenvalue weighted by Gasteiger charge is 2.53. The number of carbonyl (C=O) groups is 2. The smallest absolute Gasteiger partial charge is 0.328 e. The van der Waals surface area contributed by atoms with Crippen molar-refractivity contribution < 1.29 is 24.2 Å². The van der Waals surface area contributed by atoms with Crippen molar-refractivity contribution in [2.24, 2.45) is 22.7 Å². The summed E-state index contributed by atoms with van der Waals surface area (Å²) < 4.78 is 12.3. The molecule has 37 heavy (non-hydrogen) atoms. The van der Waals surface area contributed by atoms with Gasteiger partial charge in [-0.2, -0.15) is 0 Å². The summed E-state index contributed by atoms with van der Waals surface area (Å²) in [6, 6.07) is 7.40. The molecule has 0 radical (unpaired) electrons. The minimum absolute atomic E-state index is 0.0311. The van der Waals surface area contributed by atoms with Gasteiger partial charge in [0.05, 0.1) is 18.1 Å². The second-order valence-electron chi connectivity index (χ2n) is 11.1. The topological polar surface area (TPSA) is 97.2 Å². The Morgan fingerprint density at radius 3 is 2.70 bits per heavy atom. The molecule has 1 aromatic carbocycles. The molecule has 200 valence electrons. The fraction of sp³-hybridized carbons (Fsp3) is 0.633. The van der Waals surface area contributed by atoms with E-state index in [1.807, 2.05) is 24.3 Å². The molecule has 2 N–H and O–H groups in total. The summed E-state index contributed by atoms with van der Waals surface area (Å²) in [4.78, 5) is 28.6. The van der Waals surface area contributed by atoms with Crippen LogP contribution in [0.1, 0.15) is 75.3 Å². The van der Waals surface area contributed by atoms with Crippen LogP contribution in [0.3, 0.4) is 0 Å². The zero-order chi connectivity index (χ0) is 25.6. The molecule has 2 saturated heterocycles. The largest absolute Gasteiger partial charge is 0.478 e. The molecule has 3 aliphatic heterocycles. The van der Waals surface area contributed by atoms with Gasteiger partial charge in [-0.05, 0) is 48.8 Å². The predicted molar refractivity (Wildman–Crippen MR) is 142 cm³/mol. The van der Waals surface area contributed by atoms with Gasteiger partial charge in [0.1, 0.15) is 6.61 Å². The summed E-state index contributed by atoms with van der Waals surface area (Å²) >= 11 is 0. The number of nitrogens with one attached hydrogen (secondary N) is 1. The van der Waals surface area contributed by atoms with Gasteiger partial charge in [-0.1, -0.05) is 69.2 Å². The summed E-state index contributed by atoms with van der Waals surface area (Å²) in [6.07, 6.45) is 16.2. The van der Waals surface area contributed by atoms with Gasteiger partial charge in [-0.25, -0.2) is 9.79 Å². The highest BCUT2D eigenvalue weighted by Crippen LogP contribution is 2.46. The van der Waals surface area contributed by atoms with E-state index in [1.54, 1.807) is 6.08 Å². The minimum atomic E-state index is -0.960. The Hall–Kier alpha value is -2.67. The highest BCUT2D eigenvalue weighted by molar-refractivity contribution is 5.90. The van der Waals surface area contributed by atoms with Crippen molar-refractivity contribution in [3.05, 3.63) is 41.5 Å². The number of rotatable bonds is 11. The zero-order valence-electron chi connectivity index (χ0n) is 21.6. The fourth-order valence-corrected chi connectivity index (χ4v) is 6.75. The first kappa shape index (κ1) is 26.0. The monoisotopic (exact) mass is 508 g/mol. The molecule has 7 heteroatoms. The first-order chi connectivity index (χ1) is 18.1. The van der Waals surface area contributed by atoms with Crippen LogP contribution in [0.4, 0.5) is 0 Å². The Bertz CT molecular complexity index is 1010. The number of fused-ring (bicyclic) bond motifs is 2. The lowest BCUT2D eigenvalue weighted by Gasteiger charge is -2.27. The SMILES string of the molecule is O=C(O)C=Cc1ccccc1C[C@@H]1[C@H](C2=NC(C(=O)NCCCCC3CCCCC3)CO2)[C@H]2CC[C@@H]1O2. The van der Waals surface area contributed by atoms with Crippen LogP contribution >= 0.6 is 0 Å². The number of carbonyl (C=O) groups excluding carboxylic acids is 1. The summed E-state index contributed by atoms with van der Waals surface area (Å²) in [7, 11) is 0. The molecule has 2 bridgehead atoms. The number of aliphatic carboxylic acids is 1. The summed E-state index contributed by atoms with van der Waals surface area (Å²) in [5.74, 6) is 0.766. The van der Waals surface area contributed by atoms with E-state index in [4.69, 9.17) is 19.6 Å². The fourth-order valence-electron chi connectivity index (χ4n) is 6.75. The van der Waals surface area contributed by atoms with Crippen molar-refractivity contribution in [3.63, 3.8) is 0 Å². The lowest BCUT2D eigenvalue weighted by atomic mass is 9.75. The van der Waals surface area contributed by atoms with Crippen LogP contribution in [0.25, 0.3) is 6.08 Å². The third-order valence-corrected chi connectivity index (χ3v) is 8.66. The van der Waals surface area contributed by atoms with Crippen molar-refractivity contribution >= 4 is 23.9 Å². The van der Waals surface area contributed by atoms with Gasteiger partial charge in [-0.15, -0.1) is 0 Å². The number of unbranched alkanes of at least 4 members (excludes halogenated alkanes) is 1. The summed E-state index contributed by atoms with van der Waals surface area (Å²) in [5, 5.41) is 12.1.